The zero-order valence-electron chi connectivity index (χ0n) is 12.0. The van der Waals surface area contributed by atoms with Gasteiger partial charge in [0, 0.05) is 18.1 Å². The van der Waals surface area contributed by atoms with Crippen LogP contribution in [0.5, 0.6) is 0 Å². The SMILES string of the molecule is NCCCCCCSP(=O)(O)O.NCCCNCCS. The Morgan fingerprint density at radius 3 is 2.10 bits per heavy atom. The summed E-state index contributed by atoms with van der Waals surface area (Å²) in [7, 11) is 0. The van der Waals surface area contributed by atoms with Crippen LogP contribution in [0.4, 0.5) is 0 Å². The number of nitrogens with one attached hydrogen (secondary N) is 1. The van der Waals surface area contributed by atoms with E-state index in [1.54, 1.807) is 0 Å². The molecule has 0 radical (unpaired) electrons. The van der Waals surface area contributed by atoms with Crippen LogP contribution in [0.3, 0.4) is 0 Å². The molecule has 0 saturated carbocycles. The molecule has 0 heterocycles. The van der Waals surface area contributed by atoms with E-state index < -0.39 is 6.80 Å². The van der Waals surface area contributed by atoms with Gasteiger partial charge in [0.25, 0.3) is 0 Å². The van der Waals surface area contributed by atoms with E-state index in [2.05, 4.69) is 17.9 Å². The van der Waals surface area contributed by atoms with E-state index in [0.29, 0.717) is 12.3 Å². The van der Waals surface area contributed by atoms with E-state index in [4.69, 9.17) is 21.3 Å². The van der Waals surface area contributed by atoms with E-state index in [0.717, 1.165) is 68.9 Å². The Hall–Kier alpha value is 0.730. The van der Waals surface area contributed by atoms with Crippen LogP contribution in [0.15, 0.2) is 0 Å². The highest BCUT2D eigenvalue weighted by Crippen LogP contribution is 2.50. The molecule has 0 atom stereocenters. The molecule has 20 heavy (non-hydrogen) atoms. The normalized spacial score (nSPS) is 11.1. The van der Waals surface area contributed by atoms with Gasteiger partial charge in [-0.3, -0.25) is 0 Å². The topological polar surface area (TPSA) is 122 Å². The largest absolute Gasteiger partial charge is 0.383 e. The minimum absolute atomic E-state index is 0.537. The van der Waals surface area contributed by atoms with Crippen LogP contribution in [-0.2, 0) is 4.57 Å². The second-order valence-electron chi connectivity index (χ2n) is 4.14. The number of thiol groups is 1. The molecule has 0 amide bonds. The molecule has 9 heteroatoms. The van der Waals surface area contributed by atoms with Crippen molar-refractivity contribution in [3.8, 4) is 0 Å². The summed E-state index contributed by atoms with van der Waals surface area (Å²) in [6.45, 7) is -0.338. The number of rotatable bonds is 12. The van der Waals surface area contributed by atoms with Crippen molar-refractivity contribution in [3.63, 3.8) is 0 Å². The Balaban J connectivity index is 0. The van der Waals surface area contributed by atoms with E-state index in [9.17, 15) is 4.57 Å². The summed E-state index contributed by atoms with van der Waals surface area (Å²) in [5.74, 6) is 1.44. The molecule has 7 N–H and O–H groups in total. The summed E-state index contributed by atoms with van der Waals surface area (Å²) < 4.78 is 10.4. The predicted molar refractivity (Wildman–Crippen MR) is 92.4 cm³/mol. The molecule has 0 unspecified atom stereocenters. The fourth-order valence-corrected chi connectivity index (χ4v) is 3.04. The van der Waals surface area contributed by atoms with Crippen molar-refractivity contribution in [1.29, 1.82) is 0 Å². The molecule has 0 fully saturated rings. The molecule has 0 aromatic carbocycles. The fraction of sp³-hybridized carbons (Fsp3) is 1.00. The first-order chi connectivity index (χ1) is 9.47. The van der Waals surface area contributed by atoms with Crippen molar-refractivity contribution in [2.24, 2.45) is 11.5 Å². The summed E-state index contributed by atoms with van der Waals surface area (Å²) in [5.41, 5.74) is 10.5. The van der Waals surface area contributed by atoms with Gasteiger partial charge in [0.15, 0.2) is 0 Å². The van der Waals surface area contributed by atoms with E-state index in [1.807, 2.05) is 0 Å². The first-order valence-corrected chi connectivity index (χ1v) is 10.7. The highest BCUT2D eigenvalue weighted by molar-refractivity contribution is 8.54. The molecule has 0 aliphatic carbocycles. The molecule has 0 aliphatic heterocycles. The predicted octanol–water partition coefficient (Wildman–Crippen LogP) is 1.19. The molecule has 124 valence electrons. The monoisotopic (exact) mass is 347 g/mol. The van der Waals surface area contributed by atoms with Gasteiger partial charge >= 0.3 is 6.80 Å². The van der Waals surface area contributed by atoms with Gasteiger partial charge in [-0.25, -0.2) is 4.57 Å². The summed E-state index contributed by atoms with van der Waals surface area (Å²) >= 11 is 4.76. The summed E-state index contributed by atoms with van der Waals surface area (Å²) in [6, 6.07) is 0. The third kappa shape index (κ3) is 27.1. The van der Waals surface area contributed by atoms with Crippen LogP contribution in [0.1, 0.15) is 32.1 Å². The van der Waals surface area contributed by atoms with Gasteiger partial charge in [-0.2, -0.15) is 12.6 Å². The Kier molecular flexibility index (Phi) is 20.5. The summed E-state index contributed by atoms with van der Waals surface area (Å²) in [4.78, 5) is 16.9. The van der Waals surface area contributed by atoms with Crippen molar-refractivity contribution < 1.29 is 14.4 Å². The van der Waals surface area contributed by atoms with Gasteiger partial charge in [0.2, 0.25) is 0 Å². The molecule has 0 aromatic rings. The Bertz CT molecular complexity index is 227. The first kappa shape index (κ1) is 23.0. The molecule has 0 saturated heterocycles. The second-order valence-corrected chi connectivity index (χ2v) is 8.44. The van der Waals surface area contributed by atoms with Crippen LogP contribution in [0.2, 0.25) is 0 Å². The van der Waals surface area contributed by atoms with Crippen LogP contribution < -0.4 is 16.8 Å². The lowest BCUT2D eigenvalue weighted by Crippen LogP contribution is -2.20. The van der Waals surface area contributed by atoms with Gasteiger partial charge in [0.1, 0.15) is 0 Å². The molecule has 6 nitrogen and oxygen atoms in total. The van der Waals surface area contributed by atoms with Crippen molar-refractivity contribution >= 4 is 30.8 Å². The minimum Gasteiger partial charge on any atom is -0.330 e. The molecule has 0 bridgehead atoms. The fourth-order valence-electron chi connectivity index (χ4n) is 1.21. The van der Waals surface area contributed by atoms with Crippen LogP contribution in [-0.4, -0.2) is 47.5 Å². The van der Waals surface area contributed by atoms with Gasteiger partial charge in [-0.15, -0.1) is 0 Å². The molecular formula is C11H30N3O3PS2. The Morgan fingerprint density at radius 2 is 1.60 bits per heavy atom. The number of hydrogen-bond donors (Lipinski definition) is 6. The van der Waals surface area contributed by atoms with Crippen molar-refractivity contribution in [3.05, 3.63) is 0 Å². The maximum Gasteiger partial charge on any atom is 0.383 e. The Labute approximate surface area is 132 Å². The lowest BCUT2D eigenvalue weighted by atomic mass is 10.2. The van der Waals surface area contributed by atoms with E-state index >= 15 is 0 Å². The number of unbranched alkanes of at least 4 members (excludes halogenated alkanes) is 3. The summed E-state index contributed by atoms with van der Waals surface area (Å²) in [6.07, 6.45) is 4.98. The Morgan fingerprint density at radius 1 is 1.00 bits per heavy atom. The van der Waals surface area contributed by atoms with Crippen LogP contribution >= 0.6 is 30.8 Å². The van der Waals surface area contributed by atoms with Gasteiger partial charge < -0.3 is 26.6 Å². The maximum absolute atomic E-state index is 10.4. The quantitative estimate of drug-likeness (QED) is 0.178. The standard InChI is InChI=1S/C6H16NO3PS.C5H14N2S/c7-5-3-1-2-4-6-12-11(8,9)10;6-2-1-3-7-4-5-8/h1-7H2,(H2,8,9,10);7-8H,1-6H2. The van der Waals surface area contributed by atoms with E-state index in [1.165, 1.54) is 0 Å². The van der Waals surface area contributed by atoms with Crippen molar-refractivity contribution in [1.82, 2.24) is 5.32 Å². The molecule has 0 aromatic heterocycles. The second kappa shape index (κ2) is 17.8. The number of hydrogen-bond acceptors (Lipinski definition) is 6. The van der Waals surface area contributed by atoms with Crippen molar-refractivity contribution in [2.75, 3.05) is 37.7 Å². The highest BCUT2D eigenvalue weighted by atomic mass is 32.7. The zero-order chi connectivity index (χ0) is 15.7. The average molecular weight is 347 g/mol. The van der Waals surface area contributed by atoms with E-state index in [-0.39, 0.29) is 0 Å². The third-order valence-corrected chi connectivity index (χ3v) is 4.79. The molecule has 0 aliphatic rings. The van der Waals surface area contributed by atoms with Crippen LogP contribution in [0, 0.1) is 0 Å². The number of nitrogens with two attached hydrogens (primary N) is 2. The van der Waals surface area contributed by atoms with Gasteiger partial charge in [-0.1, -0.05) is 12.8 Å². The van der Waals surface area contributed by atoms with Crippen LogP contribution in [0.25, 0.3) is 0 Å². The molecule has 0 spiro atoms. The van der Waals surface area contributed by atoms with Gasteiger partial charge in [0.05, 0.1) is 0 Å². The zero-order valence-corrected chi connectivity index (χ0v) is 14.6. The maximum atomic E-state index is 10.4. The average Bonchev–Trinajstić information content (AvgIpc) is 2.38. The minimum atomic E-state index is -3.83. The highest BCUT2D eigenvalue weighted by Gasteiger charge is 2.11. The van der Waals surface area contributed by atoms with Gasteiger partial charge in [-0.05, 0) is 50.3 Å². The summed E-state index contributed by atoms with van der Waals surface area (Å²) in [5, 5.41) is 3.18. The first-order valence-electron chi connectivity index (χ1n) is 6.89. The van der Waals surface area contributed by atoms with Crippen molar-refractivity contribution in [2.45, 2.75) is 32.1 Å². The molecule has 0 rings (SSSR count). The molecular weight excluding hydrogens is 317 g/mol. The lowest BCUT2D eigenvalue weighted by molar-refractivity contribution is 0.397. The third-order valence-electron chi connectivity index (χ3n) is 2.20. The smallest absolute Gasteiger partial charge is 0.330 e. The lowest BCUT2D eigenvalue weighted by Gasteiger charge is -2.02.